The summed E-state index contributed by atoms with van der Waals surface area (Å²) in [4.78, 5) is 12.6. The molecule has 3 aromatic rings. The Kier molecular flexibility index (Phi) is 4.83. The molecule has 1 aliphatic carbocycles. The van der Waals surface area contributed by atoms with Crippen LogP contribution in [0.4, 0.5) is 13.2 Å². The number of hydrogen-bond acceptors (Lipinski definition) is 2. The molecule has 0 bridgehead atoms. The first-order valence-corrected chi connectivity index (χ1v) is 9.37. The summed E-state index contributed by atoms with van der Waals surface area (Å²) in [6, 6.07) is 13.1. The van der Waals surface area contributed by atoms with Gasteiger partial charge in [-0.3, -0.25) is 9.48 Å². The van der Waals surface area contributed by atoms with E-state index in [-0.39, 0.29) is 19.0 Å². The van der Waals surface area contributed by atoms with Crippen LogP contribution in [0.25, 0.3) is 10.8 Å². The van der Waals surface area contributed by atoms with Gasteiger partial charge in [0.05, 0.1) is 6.54 Å². The number of hydrogen-bond donors (Lipinski definition) is 1. The molecule has 0 spiro atoms. The fraction of sp³-hybridized carbons (Fsp3) is 0.333. The number of nitrogens with zero attached hydrogens (tertiary/aromatic N) is 2. The summed E-state index contributed by atoms with van der Waals surface area (Å²) in [6.45, 7) is 0.433. The molecule has 1 aliphatic rings. The Labute approximate surface area is 160 Å². The van der Waals surface area contributed by atoms with Crippen LogP contribution < -0.4 is 5.32 Å². The fourth-order valence-corrected chi connectivity index (χ4v) is 3.88. The van der Waals surface area contributed by atoms with Crippen molar-refractivity contribution in [2.75, 3.05) is 6.54 Å². The number of benzene rings is 2. The second-order valence-electron chi connectivity index (χ2n) is 6.98. The monoisotopic (exact) mass is 387 g/mol. The lowest BCUT2D eigenvalue weighted by Gasteiger charge is -2.15. The smallest absolute Gasteiger partial charge is 0.350 e. The Bertz CT molecular complexity index is 1020. The molecule has 28 heavy (non-hydrogen) atoms. The van der Waals surface area contributed by atoms with Crippen LogP contribution in [0.3, 0.4) is 0 Å². The van der Waals surface area contributed by atoms with Gasteiger partial charge in [0.2, 0.25) is 0 Å². The van der Waals surface area contributed by atoms with Crippen LogP contribution in [-0.4, -0.2) is 22.2 Å². The third-order valence-corrected chi connectivity index (χ3v) is 5.17. The van der Waals surface area contributed by atoms with E-state index in [1.807, 2.05) is 36.4 Å². The molecule has 0 radical (unpaired) electrons. The number of nitrogens with one attached hydrogen (secondary N) is 1. The van der Waals surface area contributed by atoms with Crippen molar-refractivity contribution in [1.82, 2.24) is 15.1 Å². The summed E-state index contributed by atoms with van der Waals surface area (Å²) in [6.07, 6.45) is -1.83. The van der Waals surface area contributed by atoms with Crippen LogP contribution in [0.1, 0.15) is 40.2 Å². The highest BCUT2D eigenvalue weighted by Crippen LogP contribution is 2.35. The standard InChI is InChI=1S/C21H20F3N3O/c22-21(23,24)19-17-9-3-4-11-18(17)27(26-19)13-12-25-20(28)16-10-5-7-14-6-1-2-8-15(14)16/h1-2,5-8,10H,3-4,9,11-13H2,(H,25,28). The second-order valence-corrected chi connectivity index (χ2v) is 6.98. The van der Waals surface area contributed by atoms with E-state index in [4.69, 9.17) is 0 Å². The van der Waals surface area contributed by atoms with Crippen LogP contribution in [0.15, 0.2) is 42.5 Å². The van der Waals surface area contributed by atoms with Gasteiger partial charge in [0.1, 0.15) is 0 Å². The first-order chi connectivity index (χ1) is 13.4. The minimum absolute atomic E-state index is 0.216. The largest absolute Gasteiger partial charge is 0.435 e. The molecule has 0 atom stereocenters. The average Bonchev–Trinajstić information content (AvgIpc) is 3.07. The third kappa shape index (κ3) is 3.48. The van der Waals surface area contributed by atoms with Gasteiger partial charge in [-0.15, -0.1) is 0 Å². The third-order valence-electron chi connectivity index (χ3n) is 5.17. The topological polar surface area (TPSA) is 46.9 Å². The Morgan fingerprint density at radius 1 is 1.07 bits per heavy atom. The van der Waals surface area contributed by atoms with Crippen molar-refractivity contribution in [2.24, 2.45) is 0 Å². The molecule has 0 unspecified atom stereocenters. The Morgan fingerprint density at radius 3 is 2.64 bits per heavy atom. The lowest BCUT2D eigenvalue weighted by Crippen LogP contribution is -2.28. The minimum atomic E-state index is -4.45. The molecule has 1 N–H and O–H groups in total. The fourth-order valence-electron chi connectivity index (χ4n) is 3.88. The molecule has 0 saturated carbocycles. The molecule has 0 aliphatic heterocycles. The normalized spacial score (nSPS) is 14.1. The van der Waals surface area contributed by atoms with Gasteiger partial charge in [0, 0.05) is 23.4 Å². The number of aromatic nitrogens is 2. The summed E-state index contributed by atoms with van der Waals surface area (Å²) in [5.41, 5.74) is 0.747. The summed E-state index contributed by atoms with van der Waals surface area (Å²) in [5, 5.41) is 8.45. The van der Waals surface area contributed by atoms with E-state index >= 15 is 0 Å². The van der Waals surface area contributed by atoms with Crippen molar-refractivity contribution in [3.8, 4) is 0 Å². The highest BCUT2D eigenvalue weighted by atomic mass is 19.4. The van der Waals surface area contributed by atoms with Crippen LogP contribution in [-0.2, 0) is 25.6 Å². The van der Waals surface area contributed by atoms with E-state index in [1.165, 1.54) is 4.68 Å². The second kappa shape index (κ2) is 7.30. The molecule has 1 heterocycles. The number of alkyl halides is 3. The molecule has 7 heteroatoms. The van der Waals surface area contributed by atoms with E-state index in [0.29, 0.717) is 29.7 Å². The number of amides is 1. The Hall–Kier alpha value is -2.83. The van der Waals surface area contributed by atoms with Crippen molar-refractivity contribution >= 4 is 16.7 Å². The van der Waals surface area contributed by atoms with Gasteiger partial charge in [-0.2, -0.15) is 18.3 Å². The molecular formula is C21H20F3N3O. The van der Waals surface area contributed by atoms with E-state index in [0.717, 1.165) is 23.6 Å². The predicted octanol–water partition coefficient (Wildman–Crippen LogP) is 4.36. The lowest BCUT2D eigenvalue weighted by atomic mass is 9.95. The van der Waals surface area contributed by atoms with Gasteiger partial charge in [-0.25, -0.2) is 0 Å². The van der Waals surface area contributed by atoms with Crippen molar-refractivity contribution in [3.63, 3.8) is 0 Å². The maximum absolute atomic E-state index is 13.3. The van der Waals surface area contributed by atoms with Crippen LogP contribution in [0.2, 0.25) is 0 Å². The molecule has 0 saturated heterocycles. The zero-order valence-electron chi connectivity index (χ0n) is 15.2. The first kappa shape index (κ1) is 18.5. The lowest BCUT2D eigenvalue weighted by molar-refractivity contribution is -0.142. The summed E-state index contributed by atoms with van der Waals surface area (Å²) >= 11 is 0. The quantitative estimate of drug-likeness (QED) is 0.723. The molecule has 4 rings (SSSR count). The van der Waals surface area contributed by atoms with E-state index in [1.54, 1.807) is 6.07 Å². The summed E-state index contributed by atoms with van der Waals surface area (Å²) in [5.74, 6) is -0.242. The first-order valence-electron chi connectivity index (χ1n) is 9.37. The molecule has 1 amide bonds. The van der Waals surface area contributed by atoms with Crippen molar-refractivity contribution in [2.45, 2.75) is 38.4 Å². The molecule has 1 aromatic heterocycles. The van der Waals surface area contributed by atoms with Gasteiger partial charge in [0.15, 0.2) is 5.69 Å². The van der Waals surface area contributed by atoms with Crippen LogP contribution in [0, 0.1) is 0 Å². The van der Waals surface area contributed by atoms with Gasteiger partial charge in [-0.05, 0) is 42.5 Å². The molecule has 4 nitrogen and oxygen atoms in total. The number of carbonyl (C=O) groups is 1. The van der Waals surface area contributed by atoms with Gasteiger partial charge in [0.25, 0.3) is 5.91 Å². The van der Waals surface area contributed by atoms with E-state index in [9.17, 15) is 18.0 Å². The predicted molar refractivity (Wildman–Crippen MR) is 100 cm³/mol. The van der Waals surface area contributed by atoms with Gasteiger partial charge >= 0.3 is 6.18 Å². The van der Waals surface area contributed by atoms with E-state index in [2.05, 4.69) is 10.4 Å². The summed E-state index contributed by atoms with van der Waals surface area (Å²) < 4.78 is 41.2. The van der Waals surface area contributed by atoms with Crippen molar-refractivity contribution in [3.05, 3.63) is 65.0 Å². The van der Waals surface area contributed by atoms with Gasteiger partial charge in [-0.1, -0.05) is 36.4 Å². The maximum Gasteiger partial charge on any atom is 0.435 e. The number of carbonyl (C=O) groups excluding carboxylic acids is 1. The van der Waals surface area contributed by atoms with Crippen molar-refractivity contribution in [1.29, 1.82) is 0 Å². The zero-order chi connectivity index (χ0) is 19.7. The SMILES string of the molecule is O=C(NCCn1nc(C(F)(F)F)c2c1CCCC2)c1cccc2ccccc12. The number of fused-ring (bicyclic) bond motifs is 2. The van der Waals surface area contributed by atoms with Crippen LogP contribution in [0.5, 0.6) is 0 Å². The maximum atomic E-state index is 13.3. The molecule has 0 fully saturated rings. The van der Waals surface area contributed by atoms with Crippen LogP contribution >= 0.6 is 0 Å². The molecular weight excluding hydrogens is 367 g/mol. The van der Waals surface area contributed by atoms with Gasteiger partial charge < -0.3 is 5.32 Å². The Morgan fingerprint density at radius 2 is 1.82 bits per heavy atom. The zero-order valence-corrected chi connectivity index (χ0v) is 15.2. The highest BCUT2D eigenvalue weighted by Gasteiger charge is 2.39. The van der Waals surface area contributed by atoms with E-state index < -0.39 is 11.9 Å². The highest BCUT2D eigenvalue weighted by molar-refractivity contribution is 6.06. The Balaban J connectivity index is 1.50. The minimum Gasteiger partial charge on any atom is -0.350 e. The summed E-state index contributed by atoms with van der Waals surface area (Å²) in [7, 11) is 0. The number of rotatable bonds is 4. The molecule has 146 valence electrons. The average molecular weight is 387 g/mol. The van der Waals surface area contributed by atoms with Crippen molar-refractivity contribution < 1.29 is 18.0 Å². The number of halogens is 3. The molecule has 2 aromatic carbocycles.